The van der Waals surface area contributed by atoms with Crippen LogP contribution in [0.4, 0.5) is 8.78 Å². The van der Waals surface area contributed by atoms with Gasteiger partial charge in [-0.3, -0.25) is 4.79 Å². The van der Waals surface area contributed by atoms with Crippen molar-refractivity contribution in [1.82, 2.24) is 18.8 Å². The number of benzene rings is 2. The maximum absolute atomic E-state index is 13.9. The first-order valence-electron chi connectivity index (χ1n) is 10.7. The normalized spacial score (nSPS) is 16.1. The van der Waals surface area contributed by atoms with Gasteiger partial charge in [-0.05, 0) is 30.2 Å². The Kier molecular flexibility index (Phi) is 6.38. The molecular weight excluding hydrogens is 464 g/mol. The number of carbonyl (C=O) groups is 1. The lowest BCUT2D eigenvalue weighted by atomic mass is 10.0. The summed E-state index contributed by atoms with van der Waals surface area (Å²) in [6, 6.07) is 8.95. The molecule has 0 bridgehead atoms. The summed E-state index contributed by atoms with van der Waals surface area (Å²) in [6.45, 7) is 4.30. The predicted molar refractivity (Wildman–Crippen MR) is 120 cm³/mol. The molecule has 34 heavy (non-hydrogen) atoms. The third kappa shape index (κ3) is 4.26. The molecule has 1 amide bonds. The monoisotopic (exact) mass is 487 g/mol. The van der Waals surface area contributed by atoms with Crippen LogP contribution in [0.2, 0.25) is 0 Å². The molecule has 1 unspecified atom stereocenters. The van der Waals surface area contributed by atoms with Crippen molar-refractivity contribution < 1.29 is 22.0 Å². The first kappa shape index (κ1) is 23.8. The molecule has 0 N–H and O–H groups in total. The number of imidazole rings is 1. The SMILES string of the molecule is CC(C)C(C(=O)N1CCN(S(=O)(=O)c2ccc(C#N)cc2)CC1)n1cnc2cc(F)c(F)cc21. The Labute approximate surface area is 196 Å². The maximum Gasteiger partial charge on any atom is 0.246 e. The van der Waals surface area contributed by atoms with Crippen molar-refractivity contribution in [2.45, 2.75) is 24.8 Å². The molecule has 11 heteroatoms. The Morgan fingerprint density at radius 1 is 1.06 bits per heavy atom. The smallest absolute Gasteiger partial charge is 0.246 e. The van der Waals surface area contributed by atoms with Gasteiger partial charge in [0.15, 0.2) is 11.6 Å². The number of aromatic nitrogens is 2. The van der Waals surface area contributed by atoms with Crippen LogP contribution in [0.5, 0.6) is 0 Å². The van der Waals surface area contributed by atoms with Gasteiger partial charge in [0.05, 0.1) is 33.9 Å². The highest BCUT2D eigenvalue weighted by molar-refractivity contribution is 7.89. The summed E-state index contributed by atoms with van der Waals surface area (Å²) in [4.78, 5) is 19.2. The number of amides is 1. The predicted octanol–water partition coefficient (Wildman–Crippen LogP) is 2.92. The summed E-state index contributed by atoms with van der Waals surface area (Å²) in [6.07, 6.45) is 1.40. The number of sulfonamides is 1. The summed E-state index contributed by atoms with van der Waals surface area (Å²) >= 11 is 0. The van der Waals surface area contributed by atoms with Gasteiger partial charge in [0.1, 0.15) is 6.04 Å². The minimum atomic E-state index is -3.76. The van der Waals surface area contributed by atoms with E-state index in [1.165, 1.54) is 34.9 Å². The summed E-state index contributed by atoms with van der Waals surface area (Å²) < 4.78 is 56.2. The van der Waals surface area contributed by atoms with E-state index < -0.39 is 27.7 Å². The largest absolute Gasteiger partial charge is 0.338 e. The number of piperazine rings is 1. The minimum absolute atomic E-state index is 0.0884. The molecule has 3 aromatic rings. The molecule has 1 saturated heterocycles. The summed E-state index contributed by atoms with van der Waals surface area (Å²) in [5.41, 5.74) is 0.924. The number of nitrogens with zero attached hydrogens (tertiary/aromatic N) is 5. The molecule has 0 saturated carbocycles. The van der Waals surface area contributed by atoms with Gasteiger partial charge in [-0.1, -0.05) is 13.8 Å². The second-order valence-corrected chi connectivity index (χ2v) is 10.4. The van der Waals surface area contributed by atoms with Gasteiger partial charge in [-0.25, -0.2) is 22.2 Å². The van der Waals surface area contributed by atoms with Crippen molar-refractivity contribution in [3.8, 4) is 6.07 Å². The summed E-state index contributed by atoms with van der Waals surface area (Å²) in [5.74, 6) is -2.46. The third-order valence-corrected chi connectivity index (χ3v) is 7.89. The van der Waals surface area contributed by atoms with Gasteiger partial charge in [-0.15, -0.1) is 0 Å². The second kappa shape index (κ2) is 9.12. The highest BCUT2D eigenvalue weighted by Crippen LogP contribution is 2.28. The Balaban J connectivity index is 1.52. The molecule has 178 valence electrons. The van der Waals surface area contributed by atoms with E-state index in [9.17, 15) is 22.0 Å². The van der Waals surface area contributed by atoms with Crippen molar-refractivity contribution in [1.29, 1.82) is 5.26 Å². The van der Waals surface area contributed by atoms with E-state index in [4.69, 9.17) is 5.26 Å². The first-order valence-corrected chi connectivity index (χ1v) is 12.2. The van der Waals surface area contributed by atoms with Gasteiger partial charge >= 0.3 is 0 Å². The molecule has 0 spiro atoms. The van der Waals surface area contributed by atoms with Crippen LogP contribution in [-0.4, -0.2) is 59.3 Å². The fourth-order valence-corrected chi connectivity index (χ4v) is 5.58. The molecule has 1 fully saturated rings. The number of rotatable bonds is 5. The number of hydrogen-bond acceptors (Lipinski definition) is 5. The van der Waals surface area contributed by atoms with Gasteiger partial charge in [0.25, 0.3) is 0 Å². The molecule has 8 nitrogen and oxygen atoms in total. The van der Waals surface area contributed by atoms with E-state index in [1.54, 1.807) is 9.47 Å². The van der Waals surface area contributed by atoms with Crippen molar-refractivity contribution in [3.05, 3.63) is 59.9 Å². The van der Waals surface area contributed by atoms with Crippen LogP contribution in [0.3, 0.4) is 0 Å². The lowest BCUT2D eigenvalue weighted by Gasteiger charge is -2.37. The van der Waals surface area contributed by atoms with Crippen LogP contribution in [0.1, 0.15) is 25.5 Å². The lowest BCUT2D eigenvalue weighted by Crippen LogP contribution is -2.52. The third-order valence-electron chi connectivity index (χ3n) is 5.97. The molecule has 4 rings (SSSR count). The standard InChI is InChI=1S/C23H23F2N5O3S/c1-15(2)22(30-14-27-20-11-18(24)19(25)12-21(20)30)23(31)28-7-9-29(10-8-28)34(32,33)17-5-3-16(13-26)4-6-17/h3-6,11-12,14-15,22H,7-10H2,1-2H3. The van der Waals surface area contributed by atoms with Gasteiger partial charge in [0, 0.05) is 38.3 Å². The number of hydrogen-bond donors (Lipinski definition) is 0. The Morgan fingerprint density at radius 2 is 1.68 bits per heavy atom. The first-order chi connectivity index (χ1) is 16.1. The molecule has 1 aliphatic rings. The molecule has 1 aromatic heterocycles. The molecule has 1 aliphatic heterocycles. The van der Waals surface area contributed by atoms with Crippen LogP contribution in [-0.2, 0) is 14.8 Å². The number of nitriles is 1. The Hall–Kier alpha value is -3.36. The lowest BCUT2D eigenvalue weighted by molar-refractivity contribution is -0.137. The van der Waals surface area contributed by atoms with E-state index in [0.717, 1.165) is 12.1 Å². The highest BCUT2D eigenvalue weighted by Gasteiger charge is 2.35. The van der Waals surface area contributed by atoms with Crippen LogP contribution < -0.4 is 0 Å². The minimum Gasteiger partial charge on any atom is -0.338 e. The number of halogens is 2. The van der Waals surface area contributed by atoms with Crippen molar-refractivity contribution in [3.63, 3.8) is 0 Å². The zero-order chi connectivity index (χ0) is 24.6. The van der Waals surface area contributed by atoms with Crippen LogP contribution >= 0.6 is 0 Å². The van der Waals surface area contributed by atoms with Crippen molar-refractivity contribution in [2.75, 3.05) is 26.2 Å². The molecule has 0 radical (unpaired) electrons. The van der Waals surface area contributed by atoms with Crippen LogP contribution in [0.15, 0.2) is 47.6 Å². The van der Waals surface area contributed by atoms with Crippen LogP contribution in [0.25, 0.3) is 11.0 Å². The Morgan fingerprint density at radius 3 is 2.26 bits per heavy atom. The average Bonchev–Trinajstić information content (AvgIpc) is 3.21. The number of fused-ring (bicyclic) bond motifs is 1. The van der Waals surface area contributed by atoms with Gasteiger partial charge in [-0.2, -0.15) is 9.57 Å². The van der Waals surface area contributed by atoms with Crippen LogP contribution in [0, 0.1) is 28.9 Å². The second-order valence-electron chi connectivity index (χ2n) is 8.46. The topological polar surface area (TPSA) is 99.3 Å². The van der Waals surface area contributed by atoms with Gasteiger partial charge < -0.3 is 9.47 Å². The maximum atomic E-state index is 13.9. The zero-order valence-electron chi connectivity index (χ0n) is 18.6. The fraction of sp³-hybridized carbons (Fsp3) is 0.348. The average molecular weight is 488 g/mol. The zero-order valence-corrected chi connectivity index (χ0v) is 19.5. The summed E-state index contributed by atoms with van der Waals surface area (Å²) in [5, 5.41) is 8.91. The van der Waals surface area contributed by atoms with Crippen molar-refractivity contribution >= 4 is 27.0 Å². The van der Waals surface area contributed by atoms with E-state index in [-0.39, 0.29) is 48.4 Å². The fourth-order valence-electron chi connectivity index (χ4n) is 4.16. The number of carbonyl (C=O) groups excluding carboxylic acids is 1. The molecule has 0 aliphatic carbocycles. The van der Waals surface area contributed by atoms with E-state index in [2.05, 4.69) is 4.98 Å². The van der Waals surface area contributed by atoms with E-state index in [1.807, 2.05) is 19.9 Å². The van der Waals surface area contributed by atoms with E-state index >= 15 is 0 Å². The molecule has 2 aromatic carbocycles. The molecule has 1 atom stereocenters. The summed E-state index contributed by atoms with van der Waals surface area (Å²) in [7, 11) is -3.76. The highest BCUT2D eigenvalue weighted by atomic mass is 32.2. The van der Waals surface area contributed by atoms with E-state index in [0.29, 0.717) is 11.1 Å². The quantitative estimate of drug-likeness (QED) is 0.551. The molecule has 2 heterocycles. The van der Waals surface area contributed by atoms with Crippen molar-refractivity contribution in [2.24, 2.45) is 5.92 Å². The molecular formula is C23H23F2N5O3S. The Bertz CT molecular complexity index is 1370. The van der Waals surface area contributed by atoms with Gasteiger partial charge in [0.2, 0.25) is 15.9 Å².